The van der Waals surface area contributed by atoms with Crippen molar-refractivity contribution in [2.75, 3.05) is 0 Å². The quantitative estimate of drug-likeness (QED) is 0.775. The lowest BCUT2D eigenvalue weighted by atomic mass is 9.81. The van der Waals surface area contributed by atoms with Gasteiger partial charge in [0.15, 0.2) is 0 Å². The second kappa shape index (κ2) is 7.82. The molecule has 0 bridgehead atoms. The molecule has 1 aliphatic carbocycles. The molecule has 0 radical (unpaired) electrons. The van der Waals surface area contributed by atoms with Gasteiger partial charge in [-0.1, -0.05) is 42.5 Å². The Morgan fingerprint density at radius 2 is 1.54 bits per heavy atom. The Balaban J connectivity index is 1.51. The van der Waals surface area contributed by atoms with Crippen molar-refractivity contribution in [1.82, 2.24) is 5.32 Å². The van der Waals surface area contributed by atoms with Gasteiger partial charge in [0.05, 0.1) is 6.10 Å². The molecule has 3 N–H and O–H groups in total. The number of hydrogen-bond donors (Lipinski definition) is 3. The van der Waals surface area contributed by atoms with Gasteiger partial charge >= 0.3 is 0 Å². The number of phenols is 1. The third-order valence-corrected chi connectivity index (χ3v) is 5.20. The Hall–Kier alpha value is -1.84. The molecule has 0 spiro atoms. The van der Waals surface area contributed by atoms with Crippen molar-refractivity contribution in [2.24, 2.45) is 0 Å². The molecule has 128 valence electrons. The number of aliphatic hydroxyl groups is 1. The summed E-state index contributed by atoms with van der Waals surface area (Å²) in [4.78, 5) is 0. The fourth-order valence-electron chi connectivity index (χ4n) is 3.74. The van der Waals surface area contributed by atoms with Crippen molar-refractivity contribution in [3.05, 3.63) is 65.7 Å². The summed E-state index contributed by atoms with van der Waals surface area (Å²) in [7, 11) is 0. The standard InChI is InChI=1S/C21H27NO2/c1-15(21(24)18-9-13-20(23)14-10-18)22-19-11-7-17(8-12-19)16-5-3-2-4-6-16/h2-6,9-10,13-15,17,19,21-24H,7-8,11-12H2,1H3/t15-,17?,19?,21+/m0/s1. The molecule has 24 heavy (non-hydrogen) atoms. The van der Waals surface area contributed by atoms with Crippen molar-refractivity contribution in [3.8, 4) is 5.75 Å². The van der Waals surface area contributed by atoms with E-state index in [-0.39, 0.29) is 11.8 Å². The molecular weight excluding hydrogens is 298 g/mol. The third kappa shape index (κ3) is 4.16. The van der Waals surface area contributed by atoms with E-state index < -0.39 is 6.10 Å². The van der Waals surface area contributed by atoms with Crippen molar-refractivity contribution < 1.29 is 10.2 Å². The maximum absolute atomic E-state index is 10.5. The molecule has 0 amide bonds. The van der Waals surface area contributed by atoms with Crippen LogP contribution in [0.4, 0.5) is 0 Å². The zero-order chi connectivity index (χ0) is 16.9. The summed E-state index contributed by atoms with van der Waals surface area (Å²) in [6.07, 6.45) is 4.13. The van der Waals surface area contributed by atoms with Gasteiger partial charge in [-0.2, -0.15) is 0 Å². The lowest BCUT2D eigenvalue weighted by Crippen LogP contribution is -2.41. The van der Waals surface area contributed by atoms with Crippen LogP contribution in [0.1, 0.15) is 55.8 Å². The average molecular weight is 325 g/mol. The first-order valence-electron chi connectivity index (χ1n) is 8.91. The second-order valence-electron chi connectivity index (χ2n) is 6.95. The normalized spacial score (nSPS) is 23.6. The zero-order valence-electron chi connectivity index (χ0n) is 14.2. The minimum atomic E-state index is -0.558. The summed E-state index contributed by atoms with van der Waals surface area (Å²) in [6, 6.07) is 18.0. The fourth-order valence-corrected chi connectivity index (χ4v) is 3.74. The molecule has 3 nitrogen and oxygen atoms in total. The highest BCUT2D eigenvalue weighted by Gasteiger charge is 2.25. The molecule has 2 atom stereocenters. The molecular formula is C21H27NO2. The summed E-state index contributed by atoms with van der Waals surface area (Å²) in [6.45, 7) is 2.03. The summed E-state index contributed by atoms with van der Waals surface area (Å²) >= 11 is 0. The molecule has 2 aromatic rings. The van der Waals surface area contributed by atoms with Crippen molar-refractivity contribution in [3.63, 3.8) is 0 Å². The number of rotatable bonds is 5. The predicted octanol–water partition coefficient (Wildman–Crippen LogP) is 4.13. The van der Waals surface area contributed by atoms with Crippen LogP contribution in [0.5, 0.6) is 5.75 Å². The van der Waals surface area contributed by atoms with Crippen LogP contribution in [0.25, 0.3) is 0 Å². The molecule has 3 rings (SSSR count). The third-order valence-electron chi connectivity index (χ3n) is 5.20. The molecule has 1 saturated carbocycles. The van der Waals surface area contributed by atoms with Crippen LogP contribution >= 0.6 is 0 Å². The van der Waals surface area contributed by atoms with Crippen LogP contribution < -0.4 is 5.32 Å². The SMILES string of the molecule is C[C@H](NC1CCC(c2ccccc2)CC1)[C@@H](O)c1ccc(O)cc1. The number of benzene rings is 2. The summed E-state index contributed by atoms with van der Waals surface area (Å²) < 4.78 is 0. The van der Waals surface area contributed by atoms with E-state index in [4.69, 9.17) is 0 Å². The number of nitrogens with one attached hydrogen (secondary N) is 1. The highest BCUT2D eigenvalue weighted by atomic mass is 16.3. The van der Waals surface area contributed by atoms with Crippen molar-refractivity contribution in [1.29, 1.82) is 0 Å². The Morgan fingerprint density at radius 1 is 0.917 bits per heavy atom. The number of phenolic OH excluding ortho intramolecular Hbond substituents is 1. The lowest BCUT2D eigenvalue weighted by Gasteiger charge is -2.33. The van der Waals surface area contributed by atoms with Crippen LogP contribution in [-0.2, 0) is 0 Å². The topological polar surface area (TPSA) is 52.5 Å². The van der Waals surface area contributed by atoms with Gasteiger partial charge in [0.2, 0.25) is 0 Å². The monoisotopic (exact) mass is 325 g/mol. The van der Waals surface area contributed by atoms with E-state index in [1.54, 1.807) is 24.3 Å². The Labute approximate surface area is 144 Å². The van der Waals surface area contributed by atoms with Gasteiger partial charge in [0.1, 0.15) is 5.75 Å². The van der Waals surface area contributed by atoms with E-state index in [0.29, 0.717) is 12.0 Å². The van der Waals surface area contributed by atoms with Gasteiger partial charge in [0.25, 0.3) is 0 Å². The van der Waals surface area contributed by atoms with Crippen LogP contribution in [0.15, 0.2) is 54.6 Å². The maximum atomic E-state index is 10.5. The summed E-state index contributed by atoms with van der Waals surface area (Å²) in [5, 5.41) is 23.4. The van der Waals surface area contributed by atoms with Gasteiger partial charge in [0, 0.05) is 12.1 Å². The number of hydrogen-bond acceptors (Lipinski definition) is 3. The zero-order valence-corrected chi connectivity index (χ0v) is 14.2. The molecule has 0 aromatic heterocycles. The Kier molecular flexibility index (Phi) is 5.54. The Morgan fingerprint density at radius 3 is 2.17 bits per heavy atom. The maximum Gasteiger partial charge on any atom is 0.115 e. The van der Waals surface area contributed by atoms with E-state index in [9.17, 15) is 10.2 Å². The van der Waals surface area contributed by atoms with Crippen molar-refractivity contribution in [2.45, 2.75) is 56.7 Å². The van der Waals surface area contributed by atoms with Crippen LogP contribution in [0.3, 0.4) is 0 Å². The van der Waals surface area contributed by atoms with Crippen LogP contribution in [-0.4, -0.2) is 22.3 Å². The molecule has 0 unspecified atom stereocenters. The van der Waals surface area contributed by atoms with Gasteiger partial charge in [-0.15, -0.1) is 0 Å². The first-order valence-corrected chi connectivity index (χ1v) is 8.91. The smallest absolute Gasteiger partial charge is 0.115 e. The lowest BCUT2D eigenvalue weighted by molar-refractivity contribution is 0.124. The molecule has 3 heteroatoms. The molecule has 2 aromatic carbocycles. The van der Waals surface area contributed by atoms with Gasteiger partial charge in [-0.25, -0.2) is 0 Å². The van der Waals surface area contributed by atoms with Gasteiger partial charge in [-0.05, 0) is 61.8 Å². The predicted molar refractivity (Wildman–Crippen MR) is 97.1 cm³/mol. The molecule has 0 saturated heterocycles. The summed E-state index contributed by atoms with van der Waals surface area (Å²) in [5.41, 5.74) is 2.29. The van der Waals surface area contributed by atoms with Crippen LogP contribution in [0.2, 0.25) is 0 Å². The van der Waals surface area contributed by atoms with E-state index in [2.05, 4.69) is 35.6 Å². The van der Waals surface area contributed by atoms with Gasteiger partial charge < -0.3 is 15.5 Å². The highest BCUT2D eigenvalue weighted by Crippen LogP contribution is 2.33. The number of aromatic hydroxyl groups is 1. The first-order chi connectivity index (χ1) is 11.6. The average Bonchev–Trinajstić information content (AvgIpc) is 2.63. The second-order valence-corrected chi connectivity index (χ2v) is 6.95. The summed E-state index contributed by atoms with van der Waals surface area (Å²) in [5.74, 6) is 0.896. The molecule has 1 fully saturated rings. The van der Waals surface area contributed by atoms with E-state index in [1.807, 2.05) is 6.92 Å². The molecule has 0 heterocycles. The molecule has 0 aliphatic heterocycles. The minimum absolute atomic E-state index is 0.00665. The van der Waals surface area contributed by atoms with Crippen LogP contribution in [0, 0.1) is 0 Å². The highest BCUT2D eigenvalue weighted by molar-refractivity contribution is 5.28. The fraction of sp³-hybridized carbons (Fsp3) is 0.429. The minimum Gasteiger partial charge on any atom is -0.508 e. The van der Waals surface area contributed by atoms with Gasteiger partial charge in [-0.3, -0.25) is 0 Å². The first kappa shape index (κ1) is 17.0. The molecule has 1 aliphatic rings. The van der Waals surface area contributed by atoms with E-state index >= 15 is 0 Å². The van der Waals surface area contributed by atoms with E-state index in [1.165, 1.54) is 18.4 Å². The van der Waals surface area contributed by atoms with E-state index in [0.717, 1.165) is 18.4 Å². The van der Waals surface area contributed by atoms with Crippen molar-refractivity contribution >= 4 is 0 Å². The number of aliphatic hydroxyl groups excluding tert-OH is 1. The Bertz CT molecular complexity index is 618. The largest absolute Gasteiger partial charge is 0.508 e.